The number of hydrogen-bond donors (Lipinski definition) is 2. The Balaban J connectivity index is 2.19. The zero-order valence-corrected chi connectivity index (χ0v) is 14.3. The van der Waals surface area contributed by atoms with E-state index in [4.69, 9.17) is 9.47 Å². The van der Waals surface area contributed by atoms with Crippen molar-refractivity contribution in [2.75, 3.05) is 13.2 Å². The number of amides is 2. The van der Waals surface area contributed by atoms with Crippen LogP contribution in [0.3, 0.4) is 0 Å². The number of urea groups is 1. The molecule has 0 spiro atoms. The minimum Gasteiger partial charge on any atom is -0.463 e. The summed E-state index contributed by atoms with van der Waals surface area (Å²) in [7, 11) is 0. The summed E-state index contributed by atoms with van der Waals surface area (Å²) < 4.78 is 10.2. The summed E-state index contributed by atoms with van der Waals surface area (Å²) in [6, 6.07) is -0.984. The Labute approximate surface area is 144 Å². The van der Waals surface area contributed by atoms with Crippen molar-refractivity contribution in [2.45, 2.75) is 33.2 Å². The van der Waals surface area contributed by atoms with Gasteiger partial charge in [0.05, 0.1) is 35.8 Å². The Morgan fingerprint density at radius 2 is 1.92 bits per heavy atom. The van der Waals surface area contributed by atoms with Gasteiger partial charge in [0.2, 0.25) is 0 Å². The third kappa shape index (κ3) is 4.52. The van der Waals surface area contributed by atoms with E-state index < -0.39 is 24.0 Å². The molecule has 0 saturated heterocycles. The van der Waals surface area contributed by atoms with Crippen LogP contribution in [0.1, 0.15) is 36.5 Å². The first-order valence-corrected chi connectivity index (χ1v) is 7.89. The molecule has 2 rings (SSSR count). The Bertz CT molecular complexity index is 699. The van der Waals surface area contributed by atoms with E-state index in [1.807, 2.05) is 6.92 Å². The molecule has 0 bridgehead atoms. The van der Waals surface area contributed by atoms with Crippen LogP contribution in [0.25, 0.3) is 0 Å². The molecule has 2 N–H and O–H groups in total. The van der Waals surface area contributed by atoms with Crippen molar-refractivity contribution in [3.63, 3.8) is 0 Å². The predicted octanol–water partition coefficient (Wildman–Crippen LogP) is 0.850. The first kappa shape index (κ1) is 18.4. The van der Waals surface area contributed by atoms with Gasteiger partial charge in [0, 0.05) is 6.20 Å². The van der Waals surface area contributed by atoms with Crippen molar-refractivity contribution < 1.29 is 23.9 Å². The molecule has 9 heteroatoms. The molecule has 0 aliphatic carbocycles. The summed E-state index contributed by atoms with van der Waals surface area (Å²) in [5, 5.41) is 5.14. The average Bonchev–Trinajstić information content (AvgIpc) is 2.59. The van der Waals surface area contributed by atoms with Crippen LogP contribution in [0.15, 0.2) is 23.7 Å². The molecule has 25 heavy (non-hydrogen) atoms. The van der Waals surface area contributed by atoms with Gasteiger partial charge >= 0.3 is 18.0 Å². The summed E-state index contributed by atoms with van der Waals surface area (Å²) in [6.07, 6.45) is 3.23. The highest BCUT2D eigenvalue weighted by Crippen LogP contribution is 2.17. The molecule has 1 aliphatic heterocycles. The van der Waals surface area contributed by atoms with E-state index in [0.717, 1.165) is 0 Å². The lowest BCUT2D eigenvalue weighted by atomic mass is 10.0. The summed E-state index contributed by atoms with van der Waals surface area (Å²) in [6.45, 7) is 5.16. The highest BCUT2D eigenvalue weighted by molar-refractivity contribution is 5.95. The molecule has 1 aliphatic rings. The van der Waals surface area contributed by atoms with Gasteiger partial charge in [0.25, 0.3) is 0 Å². The normalized spacial score (nSPS) is 16.8. The number of esters is 2. The maximum Gasteiger partial charge on any atom is 0.358 e. The Hall–Kier alpha value is -2.97. The third-order valence-corrected chi connectivity index (χ3v) is 3.48. The summed E-state index contributed by atoms with van der Waals surface area (Å²) >= 11 is 0. The quantitative estimate of drug-likeness (QED) is 0.731. The van der Waals surface area contributed by atoms with Gasteiger partial charge in [-0.2, -0.15) is 0 Å². The molecule has 0 unspecified atom stereocenters. The highest BCUT2D eigenvalue weighted by atomic mass is 16.5. The monoisotopic (exact) mass is 348 g/mol. The predicted molar refractivity (Wildman–Crippen MR) is 86.5 cm³/mol. The van der Waals surface area contributed by atoms with Crippen LogP contribution in [0.4, 0.5) is 4.79 Å². The number of nitrogens with one attached hydrogen (secondary N) is 2. The number of carbonyl (C=O) groups is 3. The van der Waals surface area contributed by atoms with Crippen molar-refractivity contribution in [3.8, 4) is 0 Å². The Morgan fingerprint density at radius 3 is 2.52 bits per heavy atom. The lowest BCUT2D eigenvalue weighted by molar-refractivity contribution is -0.139. The minimum atomic E-state index is -0.705. The maximum atomic E-state index is 12.2. The molecule has 1 aromatic rings. The fraction of sp³-hybridized carbons (Fsp3) is 0.438. The number of nitrogens with zero attached hydrogens (tertiary/aromatic N) is 2. The first-order chi connectivity index (χ1) is 12.0. The summed E-state index contributed by atoms with van der Waals surface area (Å²) in [4.78, 5) is 43.9. The van der Waals surface area contributed by atoms with Crippen LogP contribution in [0, 0.1) is 6.92 Å². The van der Waals surface area contributed by atoms with Gasteiger partial charge in [-0.3, -0.25) is 4.98 Å². The van der Waals surface area contributed by atoms with Gasteiger partial charge in [-0.25, -0.2) is 19.4 Å². The number of hydrogen-bond acceptors (Lipinski definition) is 7. The average molecular weight is 348 g/mol. The maximum absolute atomic E-state index is 12.2. The lowest BCUT2D eigenvalue weighted by Crippen LogP contribution is -2.51. The standard InChI is InChI=1S/C16H20N4O5/c1-4-10-13(15(22)24-5-2)12(20-16(23)19-10)8-25-14(21)11-7-17-9(3)6-18-11/h6-7,10H,4-5,8H2,1-3H3,(H2,19,20,23)/t10-/m1/s1. The Kier molecular flexibility index (Phi) is 6.04. The second-order valence-corrected chi connectivity index (χ2v) is 5.29. The lowest BCUT2D eigenvalue weighted by Gasteiger charge is -2.28. The summed E-state index contributed by atoms with van der Waals surface area (Å²) in [5.41, 5.74) is 1.14. The molecule has 134 valence electrons. The van der Waals surface area contributed by atoms with E-state index in [1.165, 1.54) is 12.4 Å². The van der Waals surface area contributed by atoms with Crippen LogP contribution >= 0.6 is 0 Å². The Morgan fingerprint density at radius 1 is 1.16 bits per heavy atom. The fourth-order valence-electron chi connectivity index (χ4n) is 2.29. The number of carbonyl (C=O) groups excluding carboxylic acids is 3. The zero-order chi connectivity index (χ0) is 18.4. The second kappa shape index (κ2) is 8.22. The molecule has 0 aromatic carbocycles. The van der Waals surface area contributed by atoms with Gasteiger partial charge in [-0.05, 0) is 20.3 Å². The second-order valence-electron chi connectivity index (χ2n) is 5.29. The zero-order valence-electron chi connectivity index (χ0n) is 14.3. The smallest absolute Gasteiger partial charge is 0.358 e. The van der Waals surface area contributed by atoms with Crippen molar-refractivity contribution >= 4 is 18.0 Å². The third-order valence-electron chi connectivity index (χ3n) is 3.48. The molecule has 0 fully saturated rings. The fourth-order valence-corrected chi connectivity index (χ4v) is 2.29. The molecule has 0 radical (unpaired) electrons. The first-order valence-electron chi connectivity index (χ1n) is 7.89. The number of aromatic nitrogens is 2. The minimum absolute atomic E-state index is 0.0381. The van der Waals surface area contributed by atoms with E-state index in [2.05, 4.69) is 20.6 Å². The highest BCUT2D eigenvalue weighted by Gasteiger charge is 2.32. The van der Waals surface area contributed by atoms with Crippen molar-refractivity contribution in [3.05, 3.63) is 35.1 Å². The molecule has 2 amide bonds. The van der Waals surface area contributed by atoms with Crippen LogP contribution in [0.2, 0.25) is 0 Å². The van der Waals surface area contributed by atoms with Gasteiger partial charge < -0.3 is 20.1 Å². The molecule has 1 aromatic heterocycles. The molecular formula is C16H20N4O5. The molecule has 9 nitrogen and oxygen atoms in total. The number of rotatable bonds is 6. The van der Waals surface area contributed by atoms with Gasteiger partial charge in [0.15, 0.2) is 5.69 Å². The number of ether oxygens (including phenoxy) is 2. The van der Waals surface area contributed by atoms with E-state index >= 15 is 0 Å². The largest absolute Gasteiger partial charge is 0.463 e. The van der Waals surface area contributed by atoms with Crippen molar-refractivity contribution in [1.29, 1.82) is 0 Å². The van der Waals surface area contributed by atoms with Crippen LogP contribution in [-0.2, 0) is 14.3 Å². The summed E-state index contributed by atoms with van der Waals surface area (Å²) in [5.74, 6) is -1.27. The van der Waals surface area contributed by atoms with E-state index in [1.54, 1.807) is 13.8 Å². The van der Waals surface area contributed by atoms with Crippen LogP contribution < -0.4 is 10.6 Å². The van der Waals surface area contributed by atoms with Crippen molar-refractivity contribution in [2.24, 2.45) is 0 Å². The molecule has 2 heterocycles. The SMILES string of the molecule is CCOC(=O)C1=C(COC(=O)c2cnc(C)cn2)NC(=O)N[C@@H]1CC. The molecule has 0 saturated carbocycles. The van der Waals surface area contributed by atoms with E-state index in [9.17, 15) is 14.4 Å². The van der Waals surface area contributed by atoms with Gasteiger partial charge in [-0.15, -0.1) is 0 Å². The van der Waals surface area contributed by atoms with Gasteiger partial charge in [0.1, 0.15) is 6.61 Å². The van der Waals surface area contributed by atoms with E-state index in [0.29, 0.717) is 12.1 Å². The van der Waals surface area contributed by atoms with E-state index in [-0.39, 0.29) is 30.2 Å². The molecular weight excluding hydrogens is 328 g/mol. The number of aryl methyl sites for hydroxylation is 1. The topological polar surface area (TPSA) is 120 Å². The van der Waals surface area contributed by atoms with Gasteiger partial charge in [-0.1, -0.05) is 6.92 Å². The molecule has 1 atom stereocenters. The van der Waals surface area contributed by atoms with Crippen molar-refractivity contribution in [1.82, 2.24) is 20.6 Å². The van der Waals surface area contributed by atoms with Crippen LogP contribution in [0.5, 0.6) is 0 Å². The van der Waals surface area contributed by atoms with Crippen LogP contribution in [-0.4, -0.2) is 47.2 Å².